The van der Waals surface area contributed by atoms with Gasteiger partial charge >= 0.3 is 0 Å². The Balaban J connectivity index is 1.06. The topological polar surface area (TPSA) is 73.8 Å². The van der Waals surface area contributed by atoms with Gasteiger partial charge in [-0.15, -0.1) is 0 Å². The molecule has 5 rings (SSSR count). The average Bonchev–Trinajstić information content (AvgIpc) is 2.98. The molecule has 1 amide bonds. The number of fused-ring (bicyclic) bond motifs is 1. The van der Waals surface area contributed by atoms with Gasteiger partial charge in [0, 0.05) is 12.5 Å². The number of carbonyl (C=O) groups excluding carboxylic acids is 1. The zero-order valence-corrected chi connectivity index (χ0v) is 22.3. The first-order valence-corrected chi connectivity index (χ1v) is 13.8. The summed E-state index contributed by atoms with van der Waals surface area (Å²) < 4.78 is 5.92. The molecule has 202 valence electrons. The van der Waals surface area contributed by atoms with Crippen molar-refractivity contribution < 1.29 is 14.6 Å². The fourth-order valence-electron chi connectivity index (χ4n) is 5.31. The van der Waals surface area contributed by atoms with E-state index in [1.807, 2.05) is 97.1 Å². The Morgan fingerprint density at radius 3 is 2.56 bits per heavy atom. The van der Waals surface area contributed by atoms with Gasteiger partial charge in [-0.25, -0.2) is 0 Å². The molecule has 2 atom stereocenters. The molecule has 2 unspecified atom stereocenters. The minimum Gasteiger partial charge on any atom is -0.489 e. The van der Waals surface area contributed by atoms with Crippen molar-refractivity contribution in [3.05, 3.63) is 120 Å². The molecule has 6 nitrogen and oxygen atoms in total. The van der Waals surface area contributed by atoms with Crippen LogP contribution in [0.4, 0.5) is 5.69 Å². The van der Waals surface area contributed by atoms with Gasteiger partial charge < -0.3 is 25.4 Å². The smallest absolute Gasteiger partial charge is 0.254 e. The van der Waals surface area contributed by atoms with E-state index in [0.29, 0.717) is 13.3 Å². The van der Waals surface area contributed by atoms with Crippen LogP contribution in [0.2, 0.25) is 0 Å². The van der Waals surface area contributed by atoms with Crippen LogP contribution >= 0.6 is 0 Å². The van der Waals surface area contributed by atoms with Gasteiger partial charge in [0.2, 0.25) is 0 Å². The third kappa shape index (κ3) is 6.59. The number of nitrogens with one attached hydrogen (secondary N) is 2. The number of hydrogen-bond acceptors (Lipinski definition) is 5. The van der Waals surface area contributed by atoms with E-state index in [-0.39, 0.29) is 11.8 Å². The number of ether oxygens (including phenoxy) is 1. The highest BCUT2D eigenvalue weighted by molar-refractivity contribution is 6.01. The molecule has 0 bridgehead atoms. The number of hydrogen-bond donors (Lipinski definition) is 3. The number of allylic oxidation sites excluding steroid dienone is 2. The van der Waals surface area contributed by atoms with E-state index in [1.165, 1.54) is 0 Å². The highest BCUT2D eigenvalue weighted by Crippen LogP contribution is 2.38. The largest absolute Gasteiger partial charge is 0.489 e. The van der Waals surface area contributed by atoms with Crippen molar-refractivity contribution in [3.63, 3.8) is 0 Å². The number of para-hydroxylation sites is 1. The Hall–Kier alpha value is -3.87. The Morgan fingerprint density at radius 1 is 0.949 bits per heavy atom. The number of nitrogens with zero attached hydrogens (tertiary/aromatic N) is 1. The quantitative estimate of drug-likeness (QED) is 0.286. The molecule has 0 saturated carbocycles. The van der Waals surface area contributed by atoms with Crippen molar-refractivity contribution in [3.8, 4) is 5.75 Å². The lowest BCUT2D eigenvalue weighted by atomic mass is 9.76. The molecule has 0 spiro atoms. The van der Waals surface area contributed by atoms with Crippen LogP contribution in [0.15, 0.2) is 103 Å². The van der Waals surface area contributed by atoms with E-state index in [9.17, 15) is 9.90 Å². The first-order valence-electron chi connectivity index (χ1n) is 13.8. The van der Waals surface area contributed by atoms with Crippen molar-refractivity contribution >= 4 is 11.6 Å². The summed E-state index contributed by atoms with van der Waals surface area (Å²) >= 11 is 0. The van der Waals surface area contributed by atoms with Crippen molar-refractivity contribution in [1.29, 1.82) is 0 Å². The molecule has 3 N–H and O–H groups in total. The van der Waals surface area contributed by atoms with Crippen LogP contribution in [-0.2, 0) is 12.2 Å². The molecule has 0 fully saturated rings. The van der Waals surface area contributed by atoms with Crippen molar-refractivity contribution in [2.24, 2.45) is 5.92 Å². The minimum absolute atomic E-state index is 0.00104. The van der Waals surface area contributed by atoms with Gasteiger partial charge in [0.05, 0.1) is 17.9 Å². The van der Waals surface area contributed by atoms with Gasteiger partial charge in [0.25, 0.3) is 5.91 Å². The molecule has 6 heteroatoms. The van der Waals surface area contributed by atoms with E-state index in [0.717, 1.165) is 67.0 Å². The van der Waals surface area contributed by atoms with Crippen molar-refractivity contribution in [1.82, 2.24) is 10.6 Å². The average molecular weight is 524 g/mol. The maximum atomic E-state index is 12.1. The van der Waals surface area contributed by atoms with Crippen LogP contribution in [0, 0.1) is 5.92 Å². The Kier molecular flexibility index (Phi) is 8.76. The number of anilines is 1. The normalized spacial score (nSPS) is 20.0. The molecule has 1 aliphatic heterocycles. The predicted octanol–water partition coefficient (Wildman–Crippen LogP) is 5.16. The van der Waals surface area contributed by atoms with Gasteiger partial charge in [0.1, 0.15) is 18.0 Å². The summed E-state index contributed by atoms with van der Waals surface area (Å²) in [7, 11) is 0. The van der Waals surface area contributed by atoms with Crippen LogP contribution in [0.25, 0.3) is 0 Å². The third-order valence-electron chi connectivity index (χ3n) is 7.51. The molecule has 1 heterocycles. The summed E-state index contributed by atoms with van der Waals surface area (Å²) in [6.45, 7) is 3.75. The lowest BCUT2D eigenvalue weighted by molar-refractivity contribution is 0.0385. The van der Waals surface area contributed by atoms with E-state index in [1.54, 1.807) is 0 Å². The lowest BCUT2D eigenvalue weighted by Crippen LogP contribution is -2.44. The summed E-state index contributed by atoms with van der Waals surface area (Å²) in [5, 5.41) is 18.1. The monoisotopic (exact) mass is 523 g/mol. The summed E-state index contributed by atoms with van der Waals surface area (Å²) in [4.78, 5) is 14.3. The fourth-order valence-corrected chi connectivity index (χ4v) is 5.31. The van der Waals surface area contributed by atoms with Gasteiger partial charge in [-0.1, -0.05) is 72.8 Å². The van der Waals surface area contributed by atoms with Crippen LogP contribution < -0.4 is 20.3 Å². The second kappa shape index (κ2) is 12.8. The third-order valence-corrected chi connectivity index (χ3v) is 7.51. The molecule has 3 aromatic carbocycles. The zero-order chi connectivity index (χ0) is 26.9. The predicted molar refractivity (Wildman–Crippen MR) is 156 cm³/mol. The maximum absolute atomic E-state index is 12.1. The van der Waals surface area contributed by atoms with E-state index in [2.05, 4.69) is 21.6 Å². The summed E-state index contributed by atoms with van der Waals surface area (Å²) in [6.07, 6.45) is 10.8. The summed E-state index contributed by atoms with van der Waals surface area (Å²) in [5.41, 5.74) is 2.72. The zero-order valence-electron chi connectivity index (χ0n) is 22.3. The van der Waals surface area contributed by atoms with E-state index >= 15 is 0 Å². The summed E-state index contributed by atoms with van der Waals surface area (Å²) in [6, 6.07) is 25.7. The van der Waals surface area contributed by atoms with E-state index in [4.69, 9.17) is 4.74 Å². The highest BCUT2D eigenvalue weighted by atomic mass is 16.5. The van der Waals surface area contributed by atoms with Gasteiger partial charge in [-0.2, -0.15) is 0 Å². The van der Waals surface area contributed by atoms with Crippen molar-refractivity contribution in [2.45, 2.75) is 31.5 Å². The van der Waals surface area contributed by atoms with Crippen LogP contribution in [0.3, 0.4) is 0 Å². The molecule has 2 aliphatic rings. The van der Waals surface area contributed by atoms with Gasteiger partial charge in [0.15, 0.2) is 0 Å². The number of benzene rings is 3. The molecule has 1 aliphatic carbocycles. The molecule has 0 aromatic heterocycles. The number of carbonyl (C=O) groups is 1. The standard InChI is InChI=1S/C33H37N3O3/c37-32-30-14-4-5-15-31(30)36(25-35-32)23-9-22-34-21-8-13-27-12-6-7-20-33(27,38)28-16-18-29(19-17-28)39-24-26-10-2-1-3-11-26/h1-7,10-12,14-20,27,34,38H,8-9,13,21-25H2,(H,35,37). The first kappa shape index (κ1) is 26.7. The fraction of sp³-hybridized carbons (Fsp3) is 0.303. The Bertz CT molecular complexity index is 1290. The van der Waals surface area contributed by atoms with Gasteiger partial charge in [-0.3, -0.25) is 4.79 Å². The molecular weight excluding hydrogens is 486 g/mol. The highest BCUT2D eigenvalue weighted by Gasteiger charge is 2.35. The second-order valence-electron chi connectivity index (χ2n) is 10.2. The lowest BCUT2D eigenvalue weighted by Gasteiger charge is -2.34. The maximum Gasteiger partial charge on any atom is 0.254 e. The number of amides is 1. The van der Waals surface area contributed by atoms with Crippen LogP contribution in [0.1, 0.15) is 40.7 Å². The molecule has 3 aromatic rings. The van der Waals surface area contributed by atoms with Crippen molar-refractivity contribution in [2.75, 3.05) is 31.2 Å². The van der Waals surface area contributed by atoms with Gasteiger partial charge in [-0.05, 0) is 73.8 Å². The van der Waals surface area contributed by atoms with Crippen LogP contribution in [0.5, 0.6) is 5.75 Å². The minimum atomic E-state index is -1.03. The van der Waals surface area contributed by atoms with E-state index < -0.39 is 5.60 Å². The number of rotatable bonds is 12. The summed E-state index contributed by atoms with van der Waals surface area (Å²) in [5.74, 6) is 0.797. The SMILES string of the molecule is O=C1NCN(CCCNCCCC2C=CC=CC2(O)c2ccc(OCc3ccccc3)cc2)c2ccccc21. The van der Waals surface area contributed by atoms with Crippen LogP contribution in [-0.4, -0.2) is 37.3 Å². The molecule has 0 saturated heterocycles. The first-order chi connectivity index (χ1) is 19.1. The Labute approximate surface area is 231 Å². The second-order valence-corrected chi connectivity index (χ2v) is 10.2. The molecular formula is C33H37N3O3. The molecule has 39 heavy (non-hydrogen) atoms. The Morgan fingerprint density at radius 2 is 1.72 bits per heavy atom. The molecule has 0 radical (unpaired) electrons. The number of aliphatic hydroxyl groups is 1.